The number of nitrogens with one attached hydrogen (secondary N) is 1. The van der Waals surface area contributed by atoms with Gasteiger partial charge < -0.3 is 15.3 Å². The van der Waals surface area contributed by atoms with E-state index in [1.807, 2.05) is 0 Å². The van der Waals surface area contributed by atoms with E-state index in [-0.39, 0.29) is 17.3 Å². The number of halogens is 2. The molecule has 21 heavy (non-hydrogen) atoms. The summed E-state index contributed by atoms with van der Waals surface area (Å²) in [5, 5.41) is 11.8. The molecule has 0 radical (unpaired) electrons. The SMILES string of the molecule is CC1(C(=O)O)CCCN(C(=O)Nc2ccc(Cl)c(F)c2)C1. The highest BCUT2D eigenvalue weighted by atomic mass is 35.5. The van der Waals surface area contributed by atoms with Crippen molar-refractivity contribution < 1.29 is 19.1 Å². The zero-order valence-corrected chi connectivity index (χ0v) is 12.3. The van der Waals surface area contributed by atoms with Crippen LogP contribution in [0, 0.1) is 11.2 Å². The largest absolute Gasteiger partial charge is 0.481 e. The summed E-state index contributed by atoms with van der Waals surface area (Å²) < 4.78 is 13.3. The van der Waals surface area contributed by atoms with E-state index in [0.29, 0.717) is 19.4 Å². The number of rotatable bonds is 2. The first kappa shape index (κ1) is 15.6. The molecule has 2 rings (SSSR count). The number of carboxylic acids is 1. The molecule has 114 valence electrons. The molecule has 1 aromatic carbocycles. The number of benzene rings is 1. The zero-order chi connectivity index (χ0) is 15.6. The minimum Gasteiger partial charge on any atom is -0.481 e. The van der Waals surface area contributed by atoms with Crippen molar-refractivity contribution in [2.45, 2.75) is 19.8 Å². The third kappa shape index (κ3) is 3.44. The Balaban J connectivity index is 2.06. The third-order valence-corrected chi connectivity index (χ3v) is 3.98. The molecular weight excluding hydrogens is 299 g/mol. The lowest BCUT2D eigenvalue weighted by Gasteiger charge is -2.37. The standard InChI is InChI=1S/C14H16ClFN2O3/c1-14(12(19)20)5-2-6-18(8-14)13(21)17-9-3-4-10(15)11(16)7-9/h3-4,7H,2,5-6,8H2,1H3,(H,17,21)(H,19,20). The Bertz CT molecular complexity index is 581. The van der Waals surface area contributed by atoms with Gasteiger partial charge in [-0.05, 0) is 38.0 Å². The number of aliphatic carboxylic acids is 1. The predicted octanol–water partition coefficient (Wildman–Crippen LogP) is 3.20. The summed E-state index contributed by atoms with van der Waals surface area (Å²) in [7, 11) is 0. The minimum atomic E-state index is -0.944. The minimum absolute atomic E-state index is 0.0237. The predicted molar refractivity (Wildman–Crippen MR) is 77.0 cm³/mol. The van der Waals surface area contributed by atoms with Crippen molar-refractivity contribution in [1.29, 1.82) is 0 Å². The van der Waals surface area contributed by atoms with Gasteiger partial charge in [-0.3, -0.25) is 4.79 Å². The first-order valence-corrected chi connectivity index (χ1v) is 6.94. The van der Waals surface area contributed by atoms with Crippen LogP contribution in [0.5, 0.6) is 0 Å². The molecule has 2 N–H and O–H groups in total. The maximum atomic E-state index is 13.3. The number of hydrogen-bond donors (Lipinski definition) is 2. The summed E-state index contributed by atoms with van der Waals surface area (Å²) in [5.41, 5.74) is -0.662. The van der Waals surface area contributed by atoms with Crippen LogP contribution in [0.2, 0.25) is 5.02 Å². The van der Waals surface area contributed by atoms with Crippen molar-refractivity contribution in [3.05, 3.63) is 29.0 Å². The van der Waals surface area contributed by atoms with Crippen molar-refractivity contribution in [3.63, 3.8) is 0 Å². The van der Waals surface area contributed by atoms with Crippen molar-refractivity contribution in [1.82, 2.24) is 4.90 Å². The molecule has 1 aromatic rings. The molecule has 1 saturated heterocycles. The number of amides is 2. The van der Waals surface area contributed by atoms with Crippen molar-refractivity contribution in [3.8, 4) is 0 Å². The normalized spacial score (nSPS) is 22.0. The smallest absolute Gasteiger partial charge is 0.321 e. The highest BCUT2D eigenvalue weighted by Gasteiger charge is 2.39. The van der Waals surface area contributed by atoms with Crippen LogP contribution < -0.4 is 5.32 Å². The molecule has 0 aliphatic carbocycles. The zero-order valence-electron chi connectivity index (χ0n) is 11.5. The van der Waals surface area contributed by atoms with Gasteiger partial charge in [0.2, 0.25) is 0 Å². The third-order valence-electron chi connectivity index (χ3n) is 3.67. The number of carbonyl (C=O) groups is 2. The van der Waals surface area contributed by atoms with Gasteiger partial charge >= 0.3 is 12.0 Å². The monoisotopic (exact) mass is 314 g/mol. The van der Waals surface area contributed by atoms with Crippen LogP contribution in [0.25, 0.3) is 0 Å². The molecule has 7 heteroatoms. The first-order chi connectivity index (χ1) is 9.82. The Morgan fingerprint density at radius 2 is 2.19 bits per heavy atom. The fraction of sp³-hybridized carbons (Fsp3) is 0.429. The second-order valence-corrected chi connectivity index (χ2v) is 5.86. The van der Waals surface area contributed by atoms with Crippen LogP contribution >= 0.6 is 11.6 Å². The second kappa shape index (κ2) is 5.89. The van der Waals surface area contributed by atoms with Gasteiger partial charge in [-0.15, -0.1) is 0 Å². The second-order valence-electron chi connectivity index (χ2n) is 5.45. The van der Waals surface area contributed by atoms with Gasteiger partial charge in [0.15, 0.2) is 0 Å². The Morgan fingerprint density at radius 3 is 2.81 bits per heavy atom. The molecule has 2 amide bonds. The highest BCUT2D eigenvalue weighted by Crippen LogP contribution is 2.30. The van der Waals surface area contributed by atoms with Crippen LogP contribution in [0.15, 0.2) is 18.2 Å². The van der Waals surface area contributed by atoms with Crippen LogP contribution in [0.1, 0.15) is 19.8 Å². The molecule has 0 spiro atoms. The van der Waals surface area contributed by atoms with E-state index in [2.05, 4.69) is 5.32 Å². The summed E-state index contributed by atoms with van der Waals surface area (Å²) in [4.78, 5) is 24.8. The molecule has 5 nitrogen and oxygen atoms in total. The molecule has 1 heterocycles. The maximum absolute atomic E-state index is 13.3. The summed E-state index contributed by atoms with van der Waals surface area (Å²) in [5.74, 6) is -1.54. The molecule has 1 aliphatic heterocycles. The molecule has 0 bridgehead atoms. The molecule has 1 unspecified atom stereocenters. The lowest BCUT2D eigenvalue weighted by molar-refractivity contribution is -0.150. The Kier molecular flexibility index (Phi) is 4.37. The summed E-state index contributed by atoms with van der Waals surface area (Å²) >= 11 is 5.57. The lowest BCUT2D eigenvalue weighted by Crippen LogP contribution is -2.49. The van der Waals surface area contributed by atoms with E-state index < -0.39 is 23.2 Å². The summed E-state index contributed by atoms with van der Waals surface area (Å²) in [6, 6.07) is 3.53. The average Bonchev–Trinajstić information content (AvgIpc) is 2.43. The van der Waals surface area contributed by atoms with Gasteiger partial charge in [-0.2, -0.15) is 0 Å². The van der Waals surface area contributed by atoms with Crippen LogP contribution in [0.3, 0.4) is 0 Å². The summed E-state index contributed by atoms with van der Waals surface area (Å²) in [6.45, 7) is 2.23. The average molecular weight is 315 g/mol. The van der Waals surface area contributed by atoms with Crippen molar-refractivity contribution >= 4 is 29.3 Å². The van der Waals surface area contributed by atoms with Crippen molar-refractivity contribution in [2.24, 2.45) is 5.41 Å². The fourth-order valence-corrected chi connectivity index (χ4v) is 2.48. The van der Waals surface area contributed by atoms with Crippen LogP contribution in [-0.2, 0) is 4.79 Å². The van der Waals surface area contributed by atoms with Gasteiger partial charge in [0.05, 0.1) is 10.4 Å². The van der Waals surface area contributed by atoms with Gasteiger partial charge in [-0.1, -0.05) is 11.6 Å². The maximum Gasteiger partial charge on any atom is 0.321 e. The van der Waals surface area contributed by atoms with Gasteiger partial charge in [0, 0.05) is 18.8 Å². The fourth-order valence-electron chi connectivity index (χ4n) is 2.36. The first-order valence-electron chi connectivity index (χ1n) is 6.56. The molecule has 0 saturated carbocycles. The highest BCUT2D eigenvalue weighted by molar-refractivity contribution is 6.30. The number of piperidine rings is 1. The van der Waals surface area contributed by atoms with Gasteiger partial charge in [0.25, 0.3) is 0 Å². The number of carboxylic acid groups (broad SMARTS) is 1. The van der Waals surface area contributed by atoms with E-state index in [9.17, 15) is 19.1 Å². The molecular formula is C14H16ClFN2O3. The van der Waals surface area contributed by atoms with E-state index in [1.54, 1.807) is 6.92 Å². The quantitative estimate of drug-likeness (QED) is 0.880. The number of carbonyl (C=O) groups excluding carboxylic acids is 1. The van der Waals surface area contributed by atoms with Gasteiger partial charge in [-0.25, -0.2) is 9.18 Å². The topological polar surface area (TPSA) is 69.6 Å². The number of anilines is 1. The molecule has 1 atom stereocenters. The number of nitrogens with zero attached hydrogens (tertiary/aromatic N) is 1. The Morgan fingerprint density at radius 1 is 1.48 bits per heavy atom. The van der Waals surface area contributed by atoms with Crippen LogP contribution in [0.4, 0.5) is 14.9 Å². The van der Waals surface area contributed by atoms with Crippen molar-refractivity contribution in [2.75, 3.05) is 18.4 Å². The molecule has 0 aromatic heterocycles. The number of likely N-dealkylation sites (tertiary alicyclic amines) is 1. The van der Waals surface area contributed by atoms with Crippen LogP contribution in [-0.4, -0.2) is 35.1 Å². The Hall–Kier alpha value is -1.82. The molecule has 1 aliphatic rings. The Labute approximate surface area is 126 Å². The van der Waals surface area contributed by atoms with E-state index >= 15 is 0 Å². The lowest BCUT2D eigenvalue weighted by atomic mass is 9.82. The molecule has 1 fully saturated rings. The summed E-state index contributed by atoms with van der Waals surface area (Å²) in [6.07, 6.45) is 1.15. The number of hydrogen-bond acceptors (Lipinski definition) is 2. The van der Waals surface area contributed by atoms with Gasteiger partial charge in [0.1, 0.15) is 5.82 Å². The van der Waals surface area contributed by atoms with E-state index in [1.165, 1.54) is 17.0 Å². The number of urea groups is 1. The van der Waals surface area contributed by atoms with E-state index in [4.69, 9.17) is 11.6 Å². The van der Waals surface area contributed by atoms with E-state index in [0.717, 1.165) is 6.07 Å².